The molecule has 2 aliphatic rings. The molecular formula is C16H20N4O2. The van der Waals surface area contributed by atoms with Crippen LogP contribution in [-0.4, -0.2) is 45.8 Å². The minimum absolute atomic E-state index is 0.118. The van der Waals surface area contributed by atoms with E-state index in [0.717, 1.165) is 18.9 Å². The largest absolute Gasteiger partial charge is 0.465 e. The van der Waals surface area contributed by atoms with Crippen LogP contribution in [0.15, 0.2) is 18.3 Å². The Labute approximate surface area is 130 Å². The van der Waals surface area contributed by atoms with Crippen molar-refractivity contribution >= 4 is 11.9 Å². The summed E-state index contributed by atoms with van der Waals surface area (Å²) in [5, 5.41) is 18.3. The van der Waals surface area contributed by atoms with E-state index in [1.54, 1.807) is 17.2 Å². The van der Waals surface area contributed by atoms with Crippen molar-refractivity contribution in [3.8, 4) is 6.07 Å². The summed E-state index contributed by atoms with van der Waals surface area (Å²) in [7, 11) is 0. The predicted molar refractivity (Wildman–Crippen MR) is 81.5 cm³/mol. The Morgan fingerprint density at radius 3 is 2.45 bits per heavy atom. The molecule has 0 spiro atoms. The van der Waals surface area contributed by atoms with Crippen molar-refractivity contribution in [2.75, 3.05) is 18.0 Å². The lowest BCUT2D eigenvalue weighted by atomic mass is 10.1. The van der Waals surface area contributed by atoms with E-state index >= 15 is 0 Å². The first-order valence-corrected chi connectivity index (χ1v) is 7.46. The molecule has 1 N–H and O–H groups in total. The zero-order valence-electron chi connectivity index (χ0n) is 13.0. The van der Waals surface area contributed by atoms with Crippen LogP contribution in [0.5, 0.6) is 0 Å². The topological polar surface area (TPSA) is 80.5 Å². The number of amides is 1. The summed E-state index contributed by atoms with van der Waals surface area (Å²) in [4.78, 5) is 19.6. The van der Waals surface area contributed by atoms with E-state index in [4.69, 9.17) is 5.26 Å². The number of anilines is 1. The number of nitrogens with zero attached hydrogens (tertiary/aromatic N) is 4. The van der Waals surface area contributed by atoms with Crippen molar-refractivity contribution < 1.29 is 9.90 Å². The van der Waals surface area contributed by atoms with Crippen molar-refractivity contribution in [1.29, 1.82) is 5.26 Å². The Morgan fingerprint density at radius 2 is 2.05 bits per heavy atom. The zero-order chi connectivity index (χ0) is 16.1. The average Bonchev–Trinajstić information content (AvgIpc) is 2.91. The highest BCUT2D eigenvalue weighted by Gasteiger charge is 2.61. The smallest absolute Gasteiger partial charge is 0.408 e. The number of carboxylic acid groups (broad SMARTS) is 1. The van der Waals surface area contributed by atoms with Gasteiger partial charge in [-0.2, -0.15) is 5.26 Å². The third kappa shape index (κ3) is 2.37. The molecule has 2 fully saturated rings. The van der Waals surface area contributed by atoms with Crippen LogP contribution in [0.4, 0.5) is 10.6 Å². The molecule has 1 aliphatic heterocycles. The molecule has 1 aromatic rings. The first kappa shape index (κ1) is 14.6. The molecular weight excluding hydrogens is 280 g/mol. The van der Waals surface area contributed by atoms with E-state index in [-0.39, 0.29) is 11.6 Å². The SMILES string of the molecule is CC(C)(C)N(C(=O)O)[C@H]1[C@@H]2CN(c3ccc(C#N)cn3)C[C@@H]21. The van der Waals surface area contributed by atoms with Crippen molar-refractivity contribution in [3.05, 3.63) is 23.9 Å². The summed E-state index contributed by atoms with van der Waals surface area (Å²) in [6, 6.07) is 5.80. The maximum Gasteiger partial charge on any atom is 0.408 e. The van der Waals surface area contributed by atoms with E-state index < -0.39 is 6.09 Å². The van der Waals surface area contributed by atoms with Crippen molar-refractivity contribution in [1.82, 2.24) is 9.88 Å². The maximum atomic E-state index is 11.6. The van der Waals surface area contributed by atoms with Gasteiger partial charge in [0.25, 0.3) is 0 Å². The van der Waals surface area contributed by atoms with Gasteiger partial charge in [-0.1, -0.05) is 0 Å². The molecule has 1 amide bonds. The van der Waals surface area contributed by atoms with E-state index in [1.165, 1.54) is 0 Å². The number of hydrogen-bond acceptors (Lipinski definition) is 4. The van der Waals surface area contributed by atoms with Crippen LogP contribution in [0.25, 0.3) is 0 Å². The molecule has 1 saturated heterocycles. The molecule has 22 heavy (non-hydrogen) atoms. The standard InChI is InChI=1S/C16H20N4O2/c1-16(2,3)20(15(21)22)14-11-8-19(9-12(11)14)13-5-4-10(6-17)7-18-13/h4-5,7,11-12,14H,8-9H2,1-3H3,(H,21,22)/t11-,12+,14+. The fourth-order valence-corrected chi connectivity index (χ4v) is 3.57. The highest BCUT2D eigenvalue weighted by atomic mass is 16.4. The second kappa shape index (κ2) is 4.87. The highest BCUT2D eigenvalue weighted by molar-refractivity contribution is 5.67. The predicted octanol–water partition coefficient (Wildman–Crippen LogP) is 2.17. The zero-order valence-corrected chi connectivity index (χ0v) is 13.0. The second-order valence-corrected chi connectivity index (χ2v) is 7.06. The van der Waals surface area contributed by atoms with Gasteiger partial charge in [-0.25, -0.2) is 9.78 Å². The van der Waals surface area contributed by atoms with Gasteiger partial charge < -0.3 is 10.0 Å². The van der Waals surface area contributed by atoms with E-state index in [2.05, 4.69) is 16.0 Å². The normalized spacial score (nSPS) is 26.3. The minimum Gasteiger partial charge on any atom is -0.465 e. The van der Waals surface area contributed by atoms with Crippen LogP contribution >= 0.6 is 0 Å². The van der Waals surface area contributed by atoms with Gasteiger partial charge in [0.15, 0.2) is 0 Å². The Hall–Kier alpha value is -2.29. The van der Waals surface area contributed by atoms with E-state index in [1.807, 2.05) is 26.8 Å². The molecule has 0 bridgehead atoms. The molecule has 3 rings (SSSR count). The van der Waals surface area contributed by atoms with Gasteiger partial charge in [0.2, 0.25) is 0 Å². The molecule has 0 unspecified atom stereocenters. The number of nitriles is 1. The van der Waals surface area contributed by atoms with E-state index in [0.29, 0.717) is 17.4 Å². The van der Waals surface area contributed by atoms with Crippen molar-refractivity contribution in [2.45, 2.75) is 32.4 Å². The molecule has 0 aromatic carbocycles. The van der Waals surface area contributed by atoms with Crippen LogP contribution in [0.3, 0.4) is 0 Å². The minimum atomic E-state index is -0.838. The summed E-state index contributed by atoms with van der Waals surface area (Å²) in [5.41, 5.74) is 0.175. The second-order valence-electron chi connectivity index (χ2n) is 7.06. The number of carbonyl (C=O) groups is 1. The fraction of sp³-hybridized carbons (Fsp3) is 0.562. The molecule has 1 saturated carbocycles. The van der Waals surface area contributed by atoms with Crippen molar-refractivity contribution in [3.63, 3.8) is 0 Å². The molecule has 0 radical (unpaired) electrons. The lowest BCUT2D eigenvalue weighted by molar-refractivity contribution is 0.0881. The van der Waals surface area contributed by atoms with Gasteiger partial charge in [0.05, 0.1) is 5.56 Å². The summed E-state index contributed by atoms with van der Waals surface area (Å²) >= 11 is 0. The Balaban J connectivity index is 1.68. The summed E-state index contributed by atoms with van der Waals surface area (Å²) < 4.78 is 0. The lowest BCUT2D eigenvalue weighted by Crippen LogP contribution is -2.49. The molecule has 6 nitrogen and oxygen atoms in total. The maximum absolute atomic E-state index is 11.6. The van der Waals surface area contributed by atoms with Gasteiger partial charge in [-0.3, -0.25) is 4.90 Å². The quantitative estimate of drug-likeness (QED) is 0.905. The Morgan fingerprint density at radius 1 is 1.41 bits per heavy atom. The number of fused-ring (bicyclic) bond motifs is 1. The van der Waals surface area contributed by atoms with Crippen LogP contribution < -0.4 is 4.90 Å². The average molecular weight is 300 g/mol. The van der Waals surface area contributed by atoms with Crippen LogP contribution in [0, 0.1) is 23.2 Å². The molecule has 1 aromatic heterocycles. The highest BCUT2D eigenvalue weighted by Crippen LogP contribution is 2.51. The number of piperidine rings is 1. The van der Waals surface area contributed by atoms with Crippen LogP contribution in [0.1, 0.15) is 26.3 Å². The molecule has 2 heterocycles. The van der Waals surface area contributed by atoms with Crippen molar-refractivity contribution in [2.24, 2.45) is 11.8 Å². The number of rotatable bonds is 2. The molecule has 3 atom stereocenters. The first-order valence-electron chi connectivity index (χ1n) is 7.46. The number of aromatic nitrogens is 1. The van der Waals surface area contributed by atoms with Gasteiger partial charge in [0.1, 0.15) is 11.9 Å². The summed E-state index contributed by atoms with van der Waals surface area (Å²) in [5.74, 6) is 1.63. The third-order valence-electron chi connectivity index (χ3n) is 4.58. The number of pyridine rings is 1. The first-order chi connectivity index (χ1) is 10.3. The van der Waals surface area contributed by atoms with Crippen LogP contribution in [0.2, 0.25) is 0 Å². The van der Waals surface area contributed by atoms with Crippen LogP contribution in [-0.2, 0) is 0 Å². The molecule has 6 heteroatoms. The van der Waals surface area contributed by atoms with Gasteiger partial charge in [-0.05, 0) is 32.9 Å². The molecule has 116 valence electrons. The summed E-state index contributed by atoms with van der Waals surface area (Å²) in [6.45, 7) is 7.47. The number of hydrogen-bond donors (Lipinski definition) is 1. The van der Waals surface area contributed by atoms with E-state index in [9.17, 15) is 9.90 Å². The monoisotopic (exact) mass is 300 g/mol. The van der Waals surface area contributed by atoms with Gasteiger partial charge in [0, 0.05) is 42.7 Å². The van der Waals surface area contributed by atoms with Gasteiger partial charge in [-0.15, -0.1) is 0 Å². The fourth-order valence-electron chi connectivity index (χ4n) is 3.57. The molecule has 1 aliphatic carbocycles. The Bertz CT molecular complexity index is 617. The van der Waals surface area contributed by atoms with Gasteiger partial charge >= 0.3 is 6.09 Å². The lowest BCUT2D eigenvalue weighted by Gasteiger charge is -2.35. The Kier molecular flexibility index (Phi) is 3.24. The third-order valence-corrected chi connectivity index (χ3v) is 4.58. The summed E-state index contributed by atoms with van der Waals surface area (Å²) in [6.07, 6.45) is 0.741.